The first-order valence-corrected chi connectivity index (χ1v) is 5.81. The first-order valence-electron chi connectivity index (χ1n) is 5.81. The minimum absolute atomic E-state index is 0.00907. The molecule has 16 heavy (non-hydrogen) atoms. The zero-order valence-electron chi connectivity index (χ0n) is 9.85. The van der Waals surface area contributed by atoms with Crippen molar-refractivity contribution in [1.82, 2.24) is 0 Å². The van der Waals surface area contributed by atoms with E-state index in [-0.39, 0.29) is 29.3 Å². The van der Waals surface area contributed by atoms with Crippen molar-refractivity contribution in [3.8, 4) is 0 Å². The van der Waals surface area contributed by atoms with Gasteiger partial charge >= 0.3 is 6.21 Å². The molecule has 0 aromatic carbocycles. The van der Waals surface area contributed by atoms with Crippen molar-refractivity contribution in [3.63, 3.8) is 0 Å². The van der Waals surface area contributed by atoms with Crippen LogP contribution >= 0.6 is 0 Å². The van der Waals surface area contributed by atoms with Gasteiger partial charge in [0.2, 0.25) is 5.78 Å². The summed E-state index contributed by atoms with van der Waals surface area (Å²) in [7, 11) is 0. The third kappa shape index (κ3) is 3.11. The average molecular weight is 222 g/mol. The Bertz CT molecular complexity index is 332. The van der Waals surface area contributed by atoms with Crippen molar-refractivity contribution in [2.24, 2.45) is 17.8 Å². The Morgan fingerprint density at radius 3 is 2.94 bits per heavy atom. The molecule has 0 bridgehead atoms. The van der Waals surface area contributed by atoms with Crippen LogP contribution in [0.25, 0.3) is 5.53 Å². The molecule has 88 valence electrons. The Morgan fingerprint density at radius 1 is 1.62 bits per heavy atom. The van der Waals surface area contributed by atoms with E-state index in [1.54, 1.807) is 6.92 Å². The van der Waals surface area contributed by atoms with Crippen LogP contribution in [0.2, 0.25) is 0 Å². The Morgan fingerprint density at radius 2 is 2.31 bits per heavy atom. The number of Topliss-reactive ketones (excluding diaryl/α,β-unsaturated/α-hetero) is 2. The Balaban J connectivity index is 2.56. The van der Waals surface area contributed by atoms with Gasteiger partial charge in [0.1, 0.15) is 5.78 Å². The smallest absolute Gasteiger partial charge is 0.323 e. The molecule has 0 spiro atoms. The van der Waals surface area contributed by atoms with Gasteiger partial charge in [-0.15, -0.1) is 0 Å². The molecular formula is C12H18N2O2. The summed E-state index contributed by atoms with van der Waals surface area (Å²) in [5.74, 6) is -0.0298. The third-order valence-corrected chi connectivity index (χ3v) is 3.39. The summed E-state index contributed by atoms with van der Waals surface area (Å²) in [5.41, 5.74) is 8.27. The van der Waals surface area contributed by atoms with Crippen LogP contribution < -0.4 is 0 Å². The van der Waals surface area contributed by atoms with Gasteiger partial charge in [-0.2, -0.15) is 4.79 Å². The maximum atomic E-state index is 11.8. The van der Waals surface area contributed by atoms with Crippen LogP contribution in [0.1, 0.15) is 39.5 Å². The van der Waals surface area contributed by atoms with Gasteiger partial charge < -0.3 is 5.53 Å². The highest BCUT2D eigenvalue weighted by Gasteiger charge is 2.30. The van der Waals surface area contributed by atoms with Crippen molar-refractivity contribution < 1.29 is 14.4 Å². The molecule has 0 saturated heterocycles. The number of hydrogen-bond acceptors (Lipinski definition) is 2. The largest absolute Gasteiger partial charge is 0.361 e. The van der Waals surface area contributed by atoms with Crippen LogP contribution in [-0.4, -0.2) is 22.6 Å². The normalized spacial score (nSPS) is 27.0. The molecule has 0 aromatic rings. The predicted molar refractivity (Wildman–Crippen MR) is 60.0 cm³/mol. The minimum atomic E-state index is -0.241. The van der Waals surface area contributed by atoms with Gasteiger partial charge in [0, 0.05) is 17.8 Å². The van der Waals surface area contributed by atoms with E-state index in [0.717, 1.165) is 25.5 Å². The summed E-state index contributed by atoms with van der Waals surface area (Å²) in [6.07, 6.45) is 4.41. The fourth-order valence-corrected chi connectivity index (χ4v) is 2.32. The average Bonchev–Trinajstić information content (AvgIpc) is 2.25. The lowest BCUT2D eigenvalue weighted by atomic mass is 9.77. The fraction of sp³-hybridized carbons (Fsp3) is 0.750. The predicted octanol–water partition coefficient (Wildman–Crippen LogP) is 1.89. The molecule has 3 atom stereocenters. The lowest BCUT2D eigenvalue weighted by molar-refractivity contribution is -0.129. The second kappa shape index (κ2) is 5.71. The van der Waals surface area contributed by atoms with E-state index in [0.29, 0.717) is 6.42 Å². The van der Waals surface area contributed by atoms with Crippen LogP contribution in [-0.2, 0) is 9.59 Å². The van der Waals surface area contributed by atoms with Gasteiger partial charge in [0.25, 0.3) is 0 Å². The van der Waals surface area contributed by atoms with Crippen molar-refractivity contribution in [2.75, 3.05) is 0 Å². The summed E-state index contributed by atoms with van der Waals surface area (Å²) in [4.78, 5) is 26.0. The maximum absolute atomic E-state index is 11.8. The molecule has 4 nitrogen and oxygen atoms in total. The van der Waals surface area contributed by atoms with Gasteiger partial charge in [-0.3, -0.25) is 9.59 Å². The van der Waals surface area contributed by atoms with Crippen molar-refractivity contribution >= 4 is 17.8 Å². The number of hydrogen-bond donors (Lipinski definition) is 0. The second-order valence-electron chi connectivity index (χ2n) is 4.71. The van der Waals surface area contributed by atoms with Crippen LogP contribution in [0.3, 0.4) is 0 Å². The monoisotopic (exact) mass is 222 g/mol. The SMILES string of the molecule is CC(CC1CCCC(C)C1=O)C(=O)C=[N+]=[N-]. The first-order chi connectivity index (χ1) is 7.56. The lowest BCUT2D eigenvalue weighted by Gasteiger charge is -2.26. The molecule has 0 aliphatic heterocycles. The zero-order valence-corrected chi connectivity index (χ0v) is 9.85. The van der Waals surface area contributed by atoms with Crippen molar-refractivity contribution in [2.45, 2.75) is 39.5 Å². The summed E-state index contributed by atoms with van der Waals surface area (Å²) in [6.45, 7) is 3.73. The summed E-state index contributed by atoms with van der Waals surface area (Å²) in [6, 6.07) is 0. The summed E-state index contributed by atoms with van der Waals surface area (Å²) in [5, 5.41) is 0. The van der Waals surface area contributed by atoms with Gasteiger partial charge in [0.15, 0.2) is 0 Å². The second-order valence-corrected chi connectivity index (χ2v) is 4.71. The molecule has 0 amide bonds. The third-order valence-electron chi connectivity index (χ3n) is 3.39. The van der Waals surface area contributed by atoms with E-state index in [1.165, 1.54) is 0 Å². The molecule has 0 heterocycles. The van der Waals surface area contributed by atoms with E-state index in [9.17, 15) is 9.59 Å². The molecule has 1 saturated carbocycles. The molecule has 1 fully saturated rings. The van der Waals surface area contributed by atoms with Crippen LogP contribution in [0, 0.1) is 17.8 Å². The van der Waals surface area contributed by atoms with Crippen LogP contribution in [0.5, 0.6) is 0 Å². The Kier molecular flexibility index (Phi) is 4.56. The Labute approximate surface area is 95.7 Å². The molecule has 0 N–H and O–H groups in total. The van der Waals surface area contributed by atoms with Crippen molar-refractivity contribution in [3.05, 3.63) is 5.53 Å². The maximum Gasteiger partial charge on any atom is 0.323 e. The zero-order chi connectivity index (χ0) is 12.1. The van der Waals surface area contributed by atoms with Crippen molar-refractivity contribution in [1.29, 1.82) is 0 Å². The minimum Gasteiger partial charge on any atom is -0.361 e. The van der Waals surface area contributed by atoms with Gasteiger partial charge in [0.05, 0.1) is 0 Å². The summed E-state index contributed by atoms with van der Waals surface area (Å²) < 4.78 is 0. The number of nitrogens with zero attached hydrogens (tertiary/aromatic N) is 2. The van der Waals surface area contributed by atoms with Crippen LogP contribution in [0.15, 0.2) is 0 Å². The van der Waals surface area contributed by atoms with Crippen LogP contribution in [0.4, 0.5) is 0 Å². The topological polar surface area (TPSA) is 70.5 Å². The lowest BCUT2D eigenvalue weighted by Crippen LogP contribution is -2.29. The molecule has 0 radical (unpaired) electrons. The number of ketones is 2. The Hall–Kier alpha value is -1.28. The highest BCUT2D eigenvalue weighted by atomic mass is 16.1. The molecule has 4 heteroatoms. The number of rotatable bonds is 4. The number of carbonyl (C=O) groups is 2. The molecule has 0 aromatic heterocycles. The van der Waals surface area contributed by atoms with E-state index < -0.39 is 0 Å². The van der Waals surface area contributed by atoms with E-state index >= 15 is 0 Å². The molecule has 1 aliphatic carbocycles. The molecular weight excluding hydrogens is 204 g/mol. The molecule has 1 aliphatic rings. The molecule has 1 rings (SSSR count). The van der Waals surface area contributed by atoms with Gasteiger partial charge in [-0.1, -0.05) is 20.3 Å². The highest BCUT2D eigenvalue weighted by molar-refractivity contribution is 6.26. The molecule has 3 unspecified atom stereocenters. The van der Waals surface area contributed by atoms with E-state index in [1.807, 2.05) is 6.92 Å². The van der Waals surface area contributed by atoms with Gasteiger partial charge in [-0.05, 0) is 19.3 Å². The number of carbonyl (C=O) groups excluding carboxylic acids is 2. The quantitative estimate of drug-likeness (QED) is 0.414. The van der Waals surface area contributed by atoms with Gasteiger partial charge in [-0.25, -0.2) is 0 Å². The summed E-state index contributed by atoms with van der Waals surface area (Å²) >= 11 is 0. The fourth-order valence-electron chi connectivity index (χ4n) is 2.32. The first kappa shape index (κ1) is 12.8. The van der Waals surface area contributed by atoms with E-state index in [4.69, 9.17) is 5.53 Å². The van der Waals surface area contributed by atoms with E-state index in [2.05, 4.69) is 4.79 Å². The standard InChI is InChI=1S/C12H18N2O2/c1-8-4-3-5-10(12(8)16)6-9(2)11(15)7-14-13/h7-10H,3-6H2,1-2H3. The highest BCUT2D eigenvalue weighted by Crippen LogP contribution is 2.29.